The molecule has 6 nitrogen and oxygen atoms in total. The molecule has 7 heteroatoms. The number of nitrogens with zero attached hydrogens (tertiary/aromatic N) is 4. The Balaban J connectivity index is 1.93. The molecule has 1 aromatic rings. The van der Waals surface area contributed by atoms with Crippen molar-refractivity contribution in [1.29, 1.82) is 0 Å². The van der Waals surface area contributed by atoms with Crippen LogP contribution in [0.5, 0.6) is 0 Å². The number of pyridine rings is 1. The zero-order valence-electron chi connectivity index (χ0n) is 9.82. The second kappa shape index (κ2) is 4.99. The van der Waals surface area contributed by atoms with Crippen molar-refractivity contribution in [3.63, 3.8) is 0 Å². The Bertz CT molecular complexity index is 627. The Morgan fingerprint density at radius 2 is 1.84 bits per heavy atom. The summed E-state index contributed by atoms with van der Waals surface area (Å²) in [5.41, 5.74) is 4.68. The number of dihydropyridines is 1. The molecule has 1 aromatic heterocycles. The summed E-state index contributed by atoms with van der Waals surface area (Å²) in [4.78, 5) is 3.96. The molecule has 0 amide bonds. The van der Waals surface area contributed by atoms with E-state index in [2.05, 4.69) is 25.9 Å². The van der Waals surface area contributed by atoms with Gasteiger partial charge in [-0.25, -0.2) is 4.10 Å². The molecule has 3 rings (SSSR count). The van der Waals surface area contributed by atoms with Gasteiger partial charge in [0, 0.05) is 30.4 Å². The molecule has 94 valence electrons. The first-order chi connectivity index (χ1) is 9.34. The van der Waals surface area contributed by atoms with Crippen molar-refractivity contribution in [2.45, 2.75) is 0 Å². The van der Waals surface area contributed by atoms with Crippen LogP contribution in [-0.2, 0) is 12.8 Å². The lowest BCUT2D eigenvalue weighted by Gasteiger charge is -2.14. The van der Waals surface area contributed by atoms with Crippen LogP contribution in [0.25, 0.3) is 0 Å². The van der Waals surface area contributed by atoms with Gasteiger partial charge in [-0.15, -0.1) is 0 Å². The topological polar surface area (TPSA) is 64.7 Å². The van der Waals surface area contributed by atoms with Gasteiger partial charge >= 0.3 is 5.84 Å². The number of rotatable bonds is 1. The van der Waals surface area contributed by atoms with Gasteiger partial charge in [-0.05, 0) is 24.3 Å². The molecule has 0 atom stereocenters. The first kappa shape index (κ1) is 11.5. The Morgan fingerprint density at radius 1 is 1.11 bits per heavy atom. The molecule has 0 bridgehead atoms. The van der Waals surface area contributed by atoms with Crippen molar-refractivity contribution in [1.82, 2.24) is 15.7 Å². The molecular formula is C12H10N6S. The van der Waals surface area contributed by atoms with Crippen LogP contribution < -0.4 is 10.7 Å². The van der Waals surface area contributed by atoms with E-state index in [1.165, 1.54) is 4.10 Å². The second-order valence-electron chi connectivity index (χ2n) is 3.79. The van der Waals surface area contributed by atoms with Crippen LogP contribution in [0, 0.1) is 0 Å². The predicted molar refractivity (Wildman–Crippen MR) is 72.4 cm³/mol. The maximum Gasteiger partial charge on any atom is 0.358 e. The average molecular weight is 270 g/mol. The van der Waals surface area contributed by atoms with Gasteiger partial charge in [0.1, 0.15) is 0 Å². The van der Waals surface area contributed by atoms with Gasteiger partial charge in [0.05, 0.1) is 10.7 Å². The van der Waals surface area contributed by atoms with Crippen molar-refractivity contribution in [3.05, 3.63) is 66.0 Å². The van der Waals surface area contributed by atoms with Crippen molar-refractivity contribution in [3.8, 4) is 0 Å². The lowest BCUT2D eigenvalue weighted by molar-refractivity contribution is -0.292. The van der Waals surface area contributed by atoms with Crippen LogP contribution in [-0.4, -0.2) is 14.9 Å². The van der Waals surface area contributed by atoms with E-state index in [4.69, 9.17) is 12.8 Å². The largest absolute Gasteiger partial charge is 0.526 e. The van der Waals surface area contributed by atoms with Crippen molar-refractivity contribution in [2.75, 3.05) is 0 Å². The number of allylic oxidation sites excluding steroid dienone is 3. The minimum Gasteiger partial charge on any atom is -0.526 e. The highest BCUT2D eigenvalue weighted by molar-refractivity contribution is 7.52. The van der Waals surface area contributed by atoms with Crippen molar-refractivity contribution < 1.29 is 4.10 Å². The summed E-state index contributed by atoms with van der Waals surface area (Å²) in [5.74, 6) is 1.19. The number of aromatic nitrogens is 1. The van der Waals surface area contributed by atoms with E-state index in [-0.39, 0.29) is 0 Å². The quantitative estimate of drug-likeness (QED) is 0.593. The van der Waals surface area contributed by atoms with Crippen LogP contribution in [0.4, 0.5) is 0 Å². The number of hydrazone groups is 1. The first-order valence-corrected chi connectivity index (χ1v) is 5.97. The van der Waals surface area contributed by atoms with E-state index in [0.29, 0.717) is 11.7 Å². The smallest absolute Gasteiger partial charge is 0.358 e. The second-order valence-corrected chi connectivity index (χ2v) is 4.14. The highest BCUT2D eigenvalue weighted by Crippen LogP contribution is 2.13. The Morgan fingerprint density at radius 3 is 2.53 bits per heavy atom. The molecule has 0 unspecified atom stereocenters. The van der Waals surface area contributed by atoms with E-state index in [9.17, 15) is 0 Å². The molecule has 0 saturated carbocycles. The van der Waals surface area contributed by atoms with Gasteiger partial charge < -0.3 is 18.1 Å². The van der Waals surface area contributed by atoms with Gasteiger partial charge in [-0.2, -0.15) is 5.43 Å². The normalized spacial score (nSPS) is 17.5. The Hall–Kier alpha value is -2.54. The molecule has 0 aromatic carbocycles. The zero-order chi connectivity index (χ0) is 13.1. The van der Waals surface area contributed by atoms with Gasteiger partial charge in [0.2, 0.25) is 5.82 Å². The molecule has 0 saturated heterocycles. The highest BCUT2D eigenvalue weighted by atomic mass is 32.1. The number of hydrogen-bond donors (Lipinski definition) is 2. The predicted octanol–water partition coefficient (Wildman–Crippen LogP) is 1.12. The molecule has 0 spiro atoms. The number of amidine groups is 1. The van der Waals surface area contributed by atoms with Gasteiger partial charge in [-0.3, -0.25) is 4.98 Å². The van der Waals surface area contributed by atoms with E-state index in [1.54, 1.807) is 12.4 Å². The Labute approximate surface area is 115 Å². The van der Waals surface area contributed by atoms with Crippen LogP contribution in [0.1, 0.15) is 5.56 Å². The molecular weight excluding hydrogens is 260 g/mol. The summed E-state index contributed by atoms with van der Waals surface area (Å²) < 4.78 is 1.33. The van der Waals surface area contributed by atoms with Crippen LogP contribution in [0.15, 0.2) is 70.7 Å². The van der Waals surface area contributed by atoms with Crippen molar-refractivity contribution in [2.24, 2.45) is 10.2 Å². The Kier molecular flexibility index (Phi) is 3.03. The summed E-state index contributed by atoms with van der Waals surface area (Å²) in [6, 6.07) is 3.66. The summed E-state index contributed by atoms with van der Waals surface area (Å²) in [7, 11) is 0. The van der Waals surface area contributed by atoms with Crippen LogP contribution in [0.2, 0.25) is 0 Å². The SMILES string of the molecule is [S-][N+]1=NC(=C2C=CNC=C2)NN=C1c1ccncc1. The maximum atomic E-state index is 5.22. The van der Waals surface area contributed by atoms with Crippen molar-refractivity contribution >= 4 is 18.7 Å². The minimum atomic E-state index is 0.573. The van der Waals surface area contributed by atoms with E-state index >= 15 is 0 Å². The molecule has 0 radical (unpaired) electrons. The van der Waals surface area contributed by atoms with E-state index in [0.717, 1.165) is 11.1 Å². The molecule has 2 aliphatic heterocycles. The average Bonchev–Trinajstić information content (AvgIpc) is 2.49. The molecule has 0 fully saturated rings. The molecule has 2 N–H and O–H groups in total. The van der Waals surface area contributed by atoms with E-state index in [1.807, 2.05) is 36.7 Å². The number of azo groups is 1. The summed E-state index contributed by atoms with van der Waals surface area (Å²) in [5, 5.41) is 11.5. The van der Waals surface area contributed by atoms with Crippen LogP contribution in [0.3, 0.4) is 0 Å². The lowest BCUT2D eigenvalue weighted by atomic mass is 10.2. The van der Waals surface area contributed by atoms with Gasteiger partial charge in [-0.1, -0.05) is 5.11 Å². The minimum absolute atomic E-state index is 0.573. The summed E-state index contributed by atoms with van der Waals surface area (Å²) in [6.45, 7) is 0. The van der Waals surface area contributed by atoms with Gasteiger partial charge in [0.25, 0.3) is 0 Å². The summed E-state index contributed by atoms with van der Waals surface area (Å²) >= 11 is 5.22. The zero-order valence-corrected chi connectivity index (χ0v) is 10.6. The summed E-state index contributed by atoms with van der Waals surface area (Å²) in [6.07, 6.45) is 10.8. The fourth-order valence-electron chi connectivity index (χ4n) is 1.65. The third kappa shape index (κ3) is 2.36. The van der Waals surface area contributed by atoms with Gasteiger partial charge in [0.15, 0.2) is 0 Å². The number of hydrogen-bond acceptors (Lipinski definition) is 6. The standard InChI is InChI=1S/C12H10N6S/c19-18-12(10-3-7-14-8-4-10)16-15-11(17-18)9-1-5-13-6-2-9/h1-8,13,15H. The maximum absolute atomic E-state index is 5.22. The third-order valence-corrected chi connectivity index (χ3v) is 2.82. The van der Waals surface area contributed by atoms with E-state index < -0.39 is 0 Å². The third-order valence-electron chi connectivity index (χ3n) is 2.57. The lowest BCUT2D eigenvalue weighted by Crippen LogP contribution is -2.26. The monoisotopic (exact) mass is 270 g/mol. The first-order valence-electron chi connectivity index (χ1n) is 5.61. The molecule has 0 aliphatic carbocycles. The van der Waals surface area contributed by atoms with Crippen LogP contribution >= 0.6 is 0 Å². The fraction of sp³-hybridized carbons (Fsp3) is 0. The molecule has 3 heterocycles. The molecule has 19 heavy (non-hydrogen) atoms. The fourth-order valence-corrected chi connectivity index (χ4v) is 1.88. The highest BCUT2D eigenvalue weighted by Gasteiger charge is 2.19. The molecule has 2 aliphatic rings. The number of nitrogens with one attached hydrogen (secondary N) is 2.